The van der Waals surface area contributed by atoms with Gasteiger partial charge in [0.1, 0.15) is 12.4 Å². The third-order valence-corrected chi connectivity index (χ3v) is 5.57. The van der Waals surface area contributed by atoms with Gasteiger partial charge in [-0.15, -0.1) is 0 Å². The van der Waals surface area contributed by atoms with E-state index in [1.165, 1.54) is 0 Å². The van der Waals surface area contributed by atoms with E-state index in [-0.39, 0.29) is 13.1 Å². The summed E-state index contributed by atoms with van der Waals surface area (Å²) in [6.07, 6.45) is 1.10. The topological polar surface area (TPSA) is 75.7 Å². The van der Waals surface area contributed by atoms with Gasteiger partial charge in [-0.25, -0.2) is 8.42 Å². The average Bonchev–Trinajstić information content (AvgIpc) is 2.74. The number of anilines is 1. The van der Waals surface area contributed by atoms with Crippen molar-refractivity contribution in [2.24, 2.45) is 0 Å². The first-order valence-corrected chi connectivity index (χ1v) is 11.3. The summed E-state index contributed by atoms with van der Waals surface area (Å²) in [6, 6.07) is 26.0. The highest BCUT2D eigenvalue weighted by molar-refractivity contribution is 7.88. The van der Waals surface area contributed by atoms with Crippen molar-refractivity contribution in [1.29, 1.82) is 0 Å². The maximum absolute atomic E-state index is 12.4. The molecule has 0 aliphatic heterocycles. The third-order valence-electron chi connectivity index (χ3n) is 4.38. The molecule has 0 unspecified atom stereocenters. The smallest absolute Gasteiger partial charge is 0.239 e. The van der Waals surface area contributed by atoms with E-state index >= 15 is 0 Å². The Bertz CT molecular complexity index is 1050. The van der Waals surface area contributed by atoms with Crippen molar-refractivity contribution in [3.8, 4) is 5.75 Å². The molecule has 6 nitrogen and oxygen atoms in total. The molecule has 0 fully saturated rings. The molecule has 3 aromatic carbocycles. The van der Waals surface area contributed by atoms with Crippen molar-refractivity contribution in [3.05, 3.63) is 96.1 Å². The molecule has 0 heterocycles. The van der Waals surface area contributed by atoms with Crippen LogP contribution in [0.1, 0.15) is 11.1 Å². The van der Waals surface area contributed by atoms with Gasteiger partial charge >= 0.3 is 0 Å². The summed E-state index contributed by atoms with van der Waals surface area (Å²) in [7, 11) is -3.54. The molecule has 30 heavy (non-hydrogen) atoms. The van der Waals surface area contributed by atoms with Gasteiger partial charge in [0.25, 0.3) is 0 Å². The fourth-order valence-corrected chi connectivity index (χ4v) is 3.55. The first-order valence-electron chi connectivity index (χ1n) is 9.46. The fourth-order valence-electron chi connectivity index (χ4n) is 2.81. The number of amides is 1. The number of carbonyl (C=O) groups is 1. The highest BCUT2D eigenvalue weighted by Gasteiger charge is 2.20. The molecule has 3 rings (SSSR count). The largest absolute Gasteiger partial charge is 0.489 e. The van der Waals surface area contributed by atoms with Gasteiger partial charge in [0.15, 0.2) is 0 Å². The van der Waals surface area contributed by atoms with E-state index in [0.29, 0.717) is 18.0 Å². The Labute approximate surface area is 177 Å². The molecule has 0 atom stereocenters. The first kappa shape index (κ1) is 21.5. The van der Waals surface area contributed by atoms with E-state index in [1.54, 1.807) is 24.3 Å². The maximum atomic E-state index is 12.4. The second-order valence-corrected chi connectivity index (χ2v) is 8.85. The van der Waals surface area contributed by atoms with E-state index in [2.05, 4.69) is 5.32 Å². The van der Waals surface area contributed by atoms with E-state index < -0.39 is 15.9 Å². The highest BCUT2D eigenvalue weighted by atomic mass is 32.2. The van der Waals surface area contributed by atoms with E-state index in [4.69, 9.17) is 4.74 Å². The molecule has 0 bridgehead atoms. The summed E-state index contributed by atoms with van der Waals surface area (Å²) < 4.78 is 31.0. The number of carbonyl (C=O) groups excluding carboxylic acids is 1. The summed E-state index contributed by atoms with van der Waals surface area (Å²) in [4.78, 5) is 12.4. The Kier molecular flexibility index (Phi) is 7.21. The normalized spacial score (nSPS) is 11.3. The average molecular weight is 425 g/mol. The summed E-state index contributed by atoms with van der Waals surface area (Å²) >= 11 is 0. The standard InChI is InChI=1S/C23H24N2O4S/c1-30(27,28)25(16-19-8-4-2-5-9-19)17-23(26)24-21-12-14-22(15-13-21)29-18-20-10-6-3-7-11-20/h2-15H,16-18H2,1H3,(H,24,26). The van der Waals surface area contributed by atoms with Gasteiger partial charge in [0, 0.05) is 12.2 Å². The Morgan fingerprint density at radius 3 is 2.00 bits per heavy atom. The Morgan fingerprint density at radius 1 is 0.867 bits per heavy atom. The minimum atomic E-state index is -3.54. The van der Waals surface area contributed by atoms with Crippen LogP contribution < -0.4 is 10.1 Å². The fraction of sp³-hybridized carbons (Fsp3) is 0.174. The van der Waals surface area contributed by atoms with Gasteiger partial charge in [0.2, 0.25) is 15.9 Å². The Hall–Kier alpha value is -3.16. The quantitative estimate of drug-likeness (QED) is 0.569. The van der Waals surface area contributed by atoms with Crippen LogP contribution in [0, 0.1) is 0 Å². The molecular weight excluding hydrogens is 400 g/mol. The predicted molar refractivity (Wildman–Crippen MR) is 118 cm³/mol. The van der Waals surface area contributed by atoms with Crippen LogP contribution in [0.4, 0.5) is 5.69 Å². The summed E-state index contributed by atoms with van der Waals surface area (Å²) in [6.45, 7) is 0.328. The molecule has 0 spiro atoms. The molecule has 156 valence electrons. The van der Waals surface area contributed by atoms with E-state index in [0.717, 1.165) is 21.7 Å². The number of hydrogen-bond acceptors (Lipinski definition) is 4. The van der Waals surface area contributed by atoms with Crippen molar-refractivity contribution < 1.29 is 17.9 Å². The maximum Gasteiger partial charge on any atom is 0.239 e. The van der Waals surface area contributed by atoms with Crippen LogP contribution in [0.15, 0.2) is 84.9 Å². The molecular formula is C23H24N2O4S. The van der Waals surface area contributed by atoms with Crippen molar-refractivity contribution in [2.45, 2.75) is 13.2 Å². The van der Waals surface area contributed by atoms with Crippen LogP contribution in [0.3, 0.4) is 0 Å². The Balaban J connectivity index is 1.56. The molecule has 3 aromatic rings. The first-order chi connectivity index (χ1) is 14.4. The van der Waals surface area contributed by atoms with Crippen LogP contribution in [0.2, 0.25) is 0 Å². The van der Waals surface area contributed by atoms with Crippen LogP contribution in [0.5, 0.6) is 5.75 Å². The number of nitrogens with zero attached hydrogens (tertiary/aromatic N) is 1. The van der Waals surface area contributed by atoms with Crippen molar-refractivity contribution in [1.82, 2.24) is 4.31 Å². The van der Waals surface area contributed by atoms with Crippen LogP contribution >= 0.6 is 0 Å². The number of ether oxygens (including phenoxy) is 1. The van der Waals surface area contributed by atoms with Gasteiger partial charge in [0.05, 0.1) is 12.8 Å². The molecule has 0 radical (unpaired) electrons. The Morgan fingerprint density at radius 2 is 1.43 bits per heavy atom. The zero-order valence-electron chi connectivity index (χ0n) is 16.7. The SMILES string of the molecule is CS(=O)(=O)N(CC(=O)Nc1ccc(OCc2ccccc2)cc1)Cc1ccccc1. The van der Waals surface area contributed by atoms with Crippen molar-refractivity contribution >= 4 is 21.6 Å². The molecule has 1 amide bonds. The van der Waals surface area contributed by atoms with Crippen molar-refractivity contribution in [2.75, 3.05) is 18.1 Å². The second-order valence-electron chi connectivity index (χ2n) is 6.86. The summed E-state index contributed by atoms with van der Waals surface area (Å²) in [5.74, 6) is 0.271. The molecule has 0 aliphatic rings. The lowest BCUT2D eigenvalue weighted by molar-refractivity contribution is -0.116. The lowest BCUT2D eigenvalue weighted by Crippen LogP contribution is -2.36. The second kappa shape index (κ2) is 10.0. The number of nitrogens with one attached hydrogen (secondary N) is 1. The monoisotopic (exact) mass is 424 g/mol. The minimum Gasteiger partial charge on any atom is -0.489 e. The van der Waals surface area contributed by atoms with Gasteiger partial charge in [-0.05, 0) is 35.4 Å². The lowest BCUT2D eigenvalue weighted by atomic mass is 10.2. The number of rotatable bonds is 9. The molecule has 1 N–H and O–H groups in total. The van der Waals surface area contributed by atoms with Gasteiger partial charge < -0.3 is 10.1 Å². The zero-order chi connectivity index (χ0) is 21.4. The van der Waals surface area contributed by atoms with Crippen LogP contribution in [-0.2, 0) is 28.0 Å². The van der Waals surface area contributed by atoms with E-state index in [1.807, 2.05) is 60.7 Å². The predicted octanol–water partition coefficient (Wildman–Crippen LogP) is 3.67. The third kappa shape index (κ3) is 6.72. The molecule has 0 saturated carbocycles. The molecule has 0 saturated heterocycles. The molecule has 7 heteroatoms. The number of benzene rings is 3. The zero-order valence-corrected chi connectivity index (χ0v) is 17.5. The highest BCUT2D eigenvalue weighted by Crippen LogP contribution is 2.17. The van der Waals surface area contributed by atoms with E-state index in [9.17, 15) is 13.2 Å². The van der Waals surface area contributed by atoms with Crippen molar-refractivity contribution in [3.63, 3.8) is 0 Å². The molecule has 0 aromatic heterocycles. The minimum absolute atomic E-state index is 0.138. The van der Waals surface area contributed by atoms with Crippen LogP contribution in [0.25, 0.3) is 0 Å². The van der Waals surface area contributed by atoms with Gasteiger partial charge in [-0.1, -0.05) is 60.7 Å². The summed E-state index contributed by atoms with van der Waals surface area (Å²) in [5.41, 5.74) is 2.45. The summed E-state index contributed by atoms with van der Waals surface area (Å²) in [5, 5.41) is 2.73. The lowest BCUT2D eigenvalue weighted by Gasteiger charge is -2.19. The van der Waals surface area contributed by atoms with Gasteiger partial charge in [-0.3, -0.25) is 4.79 Å². The number of hydrogen-bond donors (Lipinski definition) is 1. The van der Waals surface area contributed by atoms with Crippen LogP contribution in [-0.4, -0.2) is 31.4 Å². The van der Waals surface area contributed by atoms with Gasteiger partial charge in [-0.2, -0.15) is 4.31 Å². The number of sulfonamides is 1. The molecule has 0 aliphatic carbocycles.